The normalized spacial score (nSPS) is 12.0. The van der Waals surface area contributed by atoms with Crippen LogP contribution in [0.1, 0.15) is 79.9 Å². The molecular weight excluding hydrogens is 463 g/mol. The van der Waals surface area contributed by atoms with Crippen LogP contribution in [0.25, 0.3) is 0 Å². The fourth-order valence-electron chi connectivity index (χ4n) is 2.40. The number of aromatic hydroxyl groups is 1. The van der Waals surface area contributed by atoms with Crippen LogP contribution in [0.3, 0.4) is 0 Å². The molecule has 1 aromatic carbocycles. The molecule has 0 amide bonds. The van der Waals surface area contributed by atoms with Gasteiger partial charge in [0.25, 0.3) is 0 Å². The van der Waals surface area contributed by atoms with Crippen molar-refractivity contribution in [2.24, 2.45) is 5.41 Å². The SMILES string of the molecule is CC(C)(C)C1=[C-]CC=C1.CC(C)(C)c1cc(O)cc(C(C)(C)C)c1.Cl.Cl.[CH3-].[CH3-].[SiH3].[Ti+3]. The molecule has 1 aliphatic carbocycles. The number of phenolic OH excluding ortho intramolecular Hbond substituents is 1. The van der Waals surface area contributed by atoms with Crippen molar-refractivity contribution in [2.45, 2.75) is 79.6 Å². The van der Waals surface area contributed by atoms with E-state index >= 15 is 0 Å². The molecule has 0 fully saturated rings. The molecule has 0 aliphatic heterocycles. The number of halogens is 2. The smallest absolute Gasteiger partial charge is 0.508 e. The molecule has 2 radical (unpaired) electrons. The molecule has 0 spiro atoms. The molecule has 1 aliphatic rings. The largest absolute Gasteiger partial charge is 3.00 e. The maximum atomic E-state index is 9.72. The Morgan fingerprint density at radius 2 is 1.10 bits per heavy atom. The predicted octanol–water partition coefficient (Wildman–Crippen LogP) is 7.27. The van der Waals surface area contributed by atoms with Crippen molar-refractivity contribution in [2.75, 3.05) is 0 Å². The van der Waals surface area contributed by atoms with Crippen molar-refractivity contribution in [3.63, 3.8) is 0 Å². The summed E-state index contributed by atoms with van der Waals surface area (Å²) in [6.07, 6.45) is 8.63. The summed E-state index contributed by atoms with van der Waals surface area (Å²) in [5.41, 5.74) is 4.19. The molecule has 1 N–H and O–H groups in total. The van der Waals surface area contributed by atoms with Gasteiger partial charge in [-0.25, -0.2) is 11.6 Å². The zero-order valence-corrected chi connectivity index (χ0v) is 26.6. The first-order valence-corrected chi connectivity index (χ1v) is 8.84. The van der Waals surface area contributed by atoms with E-state index in [-0.39, 0.29) is 83.2 Å². The van der Waals surface area contributed by atoms with Crippen LogP contribution in [-0.2, 0) is 32.5 Å². The molecule has 174 valence electrons. The predicted molar refractivity (Wildman–Crippen MR) is 143 cm³/mol. The zero-order valence-electron chi connectivity index (χ0n) is 21.4. The van der Waals surface area contributed by atoms with E-state index in [1.165, 1.54) is 16.7 Å². The first kappa shape index (κ1) is 43.8. The van der Waals surface area contributed by atoms with Crippen molar-refractivity contribution in [1.82, 2.24) is 0 Å². The van der Waals surface area contributed by atoms with Crippen molar-refractivity contribution in [3.8, 4) is 5.75 Å². The van der Waals surface area contributed by atoms with Crippen LogP contribution in [-0.4, -0.2) is 16.1 Å². The molecule has 1 aromatic rings. The van der Waals surface area contributed by atoms with Crippen LogP contribution in [0.4, 0.5) is 0 Å². The molecule has 30 heavy (non-hydrogen) atoms. The Bertz CT molecular complexity index is 602. The first-order valence-electron chi connectivity index (χ1n) is 8.84. The van der Waals surface area contributed by atoms with Crippen molar-refractivity contribution < 1.29 is 26.8 Å². The Kier molecular flexibility index (Phi) is 24.3. The Balaban J connectivity index is -0.0000000857. The van der Waals surface area contributed by atoms with E-state index in [4.69, 9.17) is 0 Å². The molecule has 0 heterocycles. The molecule has 2 rings (SSSR count). The molecule has 0 saturated heterocycles. The quantitative estimate of drug-likeness (QED) is 0.288. The van der Waals surface area contributed by atoms with E-state index in [0.717, 1.165) is 6.42 Å². The summed E-state index contributed by atoms with van der Waals surface area (Å²) >= 11 is 0. The number of rotatable bonds is 0. The van der Waals surface area contributed by atoms with Crippen LogP contribution in [0.15, 0.2) is 35.9 Å². The Hall–Kier alpha value is 0.0112. The number of hydrogen-bond acceptors (Lipinski definition) is 1. The molecule has 0 saturated carbocycles. The zero-order chi connectivity index (χ0) is 18.8. The maximum Gasteiger partial charge on any atom is 3.00 e. The summed E-state index contributed by atoms with van der Waals surface area (Å²) in [6.45, 7) is 19.6. The topological polar surface area (TPSA) is 20.2 Å². The van der Waals surface area contributed by atoms with Gasteiger partial charge in [-0.15, -0.1) is 31.2 Å². The van der Waals surface area contributed by atoms with Crippen LogP contribution < -0.4 is 0 Å². The second-order valence-corrected chi connectivity index (χ2v) is 9.72. The van der Waals surface area contributed by atoms with E-state index in [9.17, 15) is 5.11 Å². The maximum absolute atomic E-state index is 9.72. The van der Waals surface area contributed by atoms with Crippen LogP contribution in [0.2, 0.25) is 0 Å². The van der Waals surface area contributed by atoms with Gasteiger partial charge in [0.05, 0.1) is 0 Å². The van der Waals surface area contributed by atoms with Gasteiger partial charge >= 0.3 is 21.7 Å². The van der Waals surface area contributed by atoms with Crippen molar-refractivity contribution in [3.05, 3.63) is 68.0 Å². The third-order valence-electron chi connectivity index (χ3n) is 4.15. The Morgan fingerprint density at radius 3 is 1.30 bits per heavy atom. The van der Waals surface area contributed by atoms with Gasteiger partial charge in [0.1, 0.15) is 5.75 Å². The average Bonchev–Trinajstić information content (AvgIpc) is 2.90. The van der Waals surface area contributed by atoms with E-state index < -0.39 is 0 Å². The van der Waals surface area contributed by atoms with Gasteiger partial charge in [0, 0.05) is 0 Å². The van der Waals surface area contributed by atoms with Crippen molar-refractivity contribution in [1.29, 1.82) is 0 Å². The number of hydrogen-bond donors (Lipinski definition) is 1. The van der Waals surface area contributed by atoms with Crippen LogP contribution in [0, 0.1) is 26.3 Å². The minimum atomic E-state index is 0. The number of benzene rings is 1. The fourth-order valence-corrected chi connectivity index (χ4v) is 2.40. The average molecular weight is 510 g/mol. The van der Waals surface area contributed by atoms with E-state index in [2.05, 4.69) is 86.6 Å². The molecule has 1 nitrogen and oxygen atoms in total. The minimum absolute atomic E-state index is 0. The fraction of sp³-hybridized carbons (Fsp3) is 0.520. The monoisotopic (exact) mass is 508 g/mol. The molecule has 0 atom stereocenters. The second kappa shape index (κ2) is 16.6. The van der Waals surface area contributed by atoms with Gasteiger partial charge in [-0.05, 0) is 50.5 Å². The number of allylic oxidation sites excluding steroid dienone is 4. The van der Waals surface area contributed by atoms with Crippen LogP contribution >= 0.6 is 24.8 Å². The summed E-state index contributed by atoms with van der Waals surface area (Å²) < 4.78 is 0. The molecule has 5 heteroatoms. The molecule has 0 aromatic heterocycles. The third kappa shape index (κ3) is 14.9. The minimum Gasteiger partial charge on any atom is -0.508 e. The van der Waals surface area contributed by atoms with Gasteiger partial charge in [-0.1, -0.05) is 68.4 Å². The van der Waals surface area contributed by atoms with Gasteiger partial charge < -0.3 is 20.0 Å². The Morgan fingerprint density at radius 1 is 0.733 bits per heavy atom. The summed E-state index contributed by atoms with van der Waals surface area (Å²) in [7, 11) is 0. The summed E-state index contributed by atoms with van der Waals surface area (Å²) in [4.78, 5) is 0. The van der Waals surface area contributed by atoms with Crippen LogP contribution in [0.5, 0.6) is 5.75 Å². The molecule has 0 unspecified atom stereocenters. The Labute approximate surface area is 220 Å². The second-order valence-electron chi connectivity index (χ2n) is 9.72. The van der Waals surface area contributed by atoms with E-state index in [1.54, 1.807) is 0 Å². The summed E-state index contributed by atoms with van der Waals surface area (Å²) in [5, 5.41) is 9.72. The third-order valence-corrected chi connectivity index (χ3v) is 4.15. The van der Waals surface area contributed by atoms with Gasteiger partial charge in [0.15, 0.2) is 0 Å². The summed E-state index contributed by atoms with van der Waals surface area (Å²) in [6, 6.07) is 5.91. The van der Waals surface area contributed by atoms with Crippen molar-refractivity contribution >= 4 is 35.8 Å². The van der Waals surface area contributed by atoms with E-state index in [0.29, 0.717) is 11.2 Å². The van der Waals surface area contributed by atoms with Gasteiger partial charge in [-0.2, -0.15) is 6.08 Å². The number of phenols is 1. The summed E-state index contributed by atoms with van der Waals surface area (Å²) in [5.74, 6) is 0.368. The molecule has 0 bridgehead atoms. The van der Waals surface area contributed by atoms with Gasteiger partial charge in [0.2, 0.25) is 0 Å². The standard InChI is InChI=1S/C14H22O.C9H13.2CH3.2ClH.H3Si.Ti/c1-13(2,3)10-7-11(14(4,5)6)9-12(15)8-10;1-9(2,3)8-6-4-5-7-8;;;;;;/h7-9,15H,1-6H3;4,6H,5H2,1-3H3;2*1H3;2*1H;1H3;/q;3*-1;;;;+3. The van der Waals surface area contributed by atoms with Gasteiger partial charge in [-0.3, -0.25) is 6.08 Å². The first-order chi connectivity index (χ1) is 10.7. The molecular formula is C25H46Cl2OSiTi. The van der Waals surface area contributed by atoms with E-state index in [1.807, 2.05) is 12.1 Å².